The van der Waals surface area contributed by atoms with Gasteiger partial charge in [-0.2, -0.15) is 0 Å². The van der Waals surface area contributed by atoms with Crippen LogP contribution in [0.4, 0.5) is 11.4 Å². The van der Waals surface area contributed by atoms with Crippen LogP contribution in [0.2, 0.25) is 0 Å². The smallest absolute Gasteiger partial charge is 0.237 e. The number of anilines is 2. The van der Waals surface area contributed by atoms with E-state index < -0.39 is 0 Å². The second-order valence-corrected chi connectivity index (χ2v) is 6.59. The lowest BCUT2D eigenvalue weighted by atomic mass is 10.2. The van der Waals surface area contributed by atoms with E-state index in [4.69, 9.17) is 10.5 Å². The molecular formula is C15H24N2O2S. The molecule has 20 heavy (non-hydrogen) atoms. The number of carbonyl (C=O) groups is 1. The fourth-order valence-electron chi connectivity index (χ4n) is 1.57. The standard InChI is InChI=1S/C15H24N2O2S/c1-10(2)7-8-20-11(3)15(18)17-14-6-5-12(19-4)9-13(14)16/h5-6,9-11H,7-8,16H2,1-4H3,(H,17,18). The summed E-state index contributed by atoms with van der Waals surface area (Å²) in [6.45, 7) is 6.28. The van der Waals surface area contributed by atoms with Crippen molar-refractivity contribution >= 4 is 29.0 Å². The van der Waals surface area contributed by atoms with E-state index in [0.717, 1.165) is 12.2 Å². The first-order valence-corrected chi connectivity index (χ1v) is 7.85. The Morgan fingerprint density at radius 2 is 2.10 bits per heavy atom. The van der Waals surface area contributed by atoms with Gasteiger partial charge in [-0.3, -0.25) is 4.79 Å². The molecule has 0 saturated heterocycles. The van der Waals surface area contributed by atoms with Crippen LogP contribution in [0.25, 0.3) is 0 Å². The number of ether oxygens (including phenoxy) is 1. The molecule has 0 spiro atoms. The predicted octanol–water partition coefficient (Wildman–Crippen LogP) is 3.38. The maximum atomic E-state index is 12.1. The Kier molecular flexibility index (Phi) is 6.71. The summed E-state index contributed by atoms with van der Waals surface area (Å²) in [4.78, 5) is 12.1. The number of carbonyl (C=O) groups excluding carboxylic acids is 1. The zero-order valence-electron chi connectivity index (χ0n) is 12.6. The summed E-state index contributed by atoms with van der Waals surface area (Å²) >= 11 is 1.67. The summed E-state index contributed by atoms with van der Waals surface area (Å²) in [6.07, 6.45) is 1.12. The van der Waals surface area contributed by atoms with E-state index in [2.05, 4.69) is 19.2 Å². The van der Waals surface area contributed by atoms with Crippen molar-refractivity contribution in [2.45, 2.75) is 32.4 Å². The number of thioether (sulfide) groups is 1. The maximum Gasteiger partial charge on any atom is 0.237 e. The molecule has 0 aromatic heterocycles. The van der Waals surface area contributed by atoms with Crippen LogP contribution in [0.3, 0.4) is 0 Å². The second kappa shape index (κ2) is 8.04. The van der Waals surface area contributed by atoms with Gasteiger partial charge in [0.25, 0.3) is 0 Å². The number of hydrogen-bond donors (Lipinski definition) is 2. The lowest BCUT2D eigenvalue weighted by molar-refractivity contribution is -0.115. The number of methoxy groups -OCH3 is 1. The van der Waals surface area contributed by atoms with E-state index in [1.807, 2.05) is 6.92 Å². The Morgan fingerprint density at radius 3 is 2.65 bits per heavy atom. The van der Waals surface area contributed by atoms with Gasteiger partial charge in [0.2, 0.25) is 5.91 Å². The normalized spacial score (nSPS) is 12.2. The molecule has 0 radical (unpaired) electrons. The van der Waals surface area contributed by atoms with Crippen LogP contribution >= 0.6 is 11.8 Å². The van der Waals surface area contributed by atoms with Gasteiger partial charge in [-0.25, -0.2) is 0 Å². The molecule has 4 nitrogen and oxygen atoms in total. The van der Waals surface area contributed by atoms with Gasteiger partial charge in [-0.05, 0) is 37.1 Å². The van der Waals surface area contributed by atoms with Gasteiger partial charge in [0, 0.05) is 6.07 Å². The van der Waals surface area contributed by atoms with Gasteiger partial charge >= 0.3 is 0 Å². The molecule has 1 aromatic rings. The molecule has 1 unspecified atom stereocenters. The largest absolute Gasteiger partial charge is 0.497 e. The molecule has 0 aliphatic carbocycles. The number of benzene rings is 1. The molecule has 1 amide bonds. The van der Waals surface area contributed by atoms with Crippen molar-refractivity contribution < 1.29 is 9.53 Å². The third-order valence-electron chi connectivity index (χ3n) is 2.95. The van der Waals surface area contributed by atoms with E-state index in [0.29, 0.717) is 23.0 Å². The maximum absolute atomic E-state index is 12.1. The van der Waals surface area contributed by atoms with Gasteiger partial charge in [0.15, 0.2) is 0 Å². The van der Waals surface area contributed by atoms with Gasteiger partial charge in [0.1, 0.15) is 5.75 Å². The van der Waals surface area contributed by atoms with E-state index in [-0.39, 0.29) is 11.2 Å². The van der Waals surface area contributed by atoms with Crippen molar-refractivity contribution in [1.29, 1.82) is 0 Å². The van der Waals surface area contributed by atoms with Crippen LogP contribution in [-0.4, -0.2) is 24.0 Å². The summed E-state index contributed by atoms with van der Waals surface area (Å²) in [5, 5.41) is 2.77. The van der Waals surface area contributed by atoms with E-state index in [9.17, 15) is 4.79 Å². The number of rotatable bonds is 7. The van der Waals surface area contributed by atoms with Crippen molar-refractivity contribution in [2.75, 3.05) is 23.9 Å². The van der Waals surface area contributed by atoms with E-state index in [1.54, 1.807) is 37.1 Å². The Bertz CT molecular complexity index is 449. The fraction of sp³-hybridized carbons (Fsp3) is 0.533. The summed E-state index contributed by atoms with van der Waals surface area (Å²) in [5.74, 6) is 2.31. The molecule has 0 bridgehead atoms. The van der Waals surface area contributed by atoms with Crippen molar-refractivity contribution in [3.63, 3.8) is 0 Å². The lowest BCUT2D eigenvalue weighted by Gasteiger charge is -2.14. The summed E-state index contributed by atoms with van der Waals surface area (Å²) in [7, 11) is 1.58. The molecule has 1 aromatic carbocycles. The molecule has 1 atom stereocenters. The van der Waals surface area contributed by atoms with Crippen LogP contribution < -0.4 is 15.8 Å². The minimum absolute atomic E-state index is 0.0179. The SMILES string of the molecule is COc1ccc(NC(=O)C(C)SCCC(C)C)c(N)c1. The van der Waals surface area contributed by atoms with Crippen LogP contribution in [0.1, 0.15) is 27.2 Å². The van der Waals surface area contributed by atoms with Crippen molar-refractivity contribution in [2.24, 2.45) is 5.92 Å². The number of amides is 1. The van der Waals surface area contributed by atoms with Crippen molar-refractivity contribution in [1.82, 2.24) is 0 Å². The molecule has 112 valence electrons. The second-order valence-electron chi connectivity index (χ2n) is 5.14. The number of hydrogen-bond acceptors (Lipinski definition) is 4. The molecule has 0 fully saturated rings. The first-order chi connectivity index (χ1) is 9.43. The highest BCUT2D eigenvalue weighted by Gasteiger charge is 2.14. The minimum atomic E-state index is -0.0877. The Labute approximate surface area is 125 Å². The highest BCUT2D eigenvalue weighted by Crippen LogP contribution is 2.25. The average Bonchev–Trinajstić information content (AvgIpc) is 2.40. The van der Waals surface area contributed by atoms with Gasteiger partial charge < -0.3 is 15.8 Å². The first-order valence-electron chi connectivity index (χ1n) is 6.80. The fourth-order valence-corrected chi connectivity index (χ4v) is 2.74. The van der Waals surface area contributed by atoms with Gasteiger partial charge in [-0.1, -0.05) is 13.8 Å². The minimum Gasteiger partial charge on any atom is -0.497 e. The summed E-state index contributed by atoms with van der Waals surface area (Å²) < 4.78 is 5.08. The molecule has 3 N–H and O–H groups in total. The number of nitrogen functional groups attached to an aromatic ring is 1. The van der Waals surface area contributed by atoms with Gasteiger partial charge in [0.05, 0.1) is 23.7 Å². The third-order valence-corrected chi connectivity index (χ3v) is 4.13. The molecule has 0 heterocycles. The van der Waals surface area contributed by atoms with Crippen molar-refractivity contribution in [3.8, 4) is 5.75 Å². The Balaban J connectivity index is 2.52. The highest BCUT2D eigenvalue weighted by atomic mass is 32.2. The molecule has 5 heteroatoms. The first kappa shape index (κ1) is 16.7. The van der Waals surface area contributed by atoms with Crippen LogP contribution in [-0.2, 0) is 4.79 Å². The molecular weight excluding hydrogens is 272 g/mol. The summed E-state index contributed by atoms with van der Waals surface area (Å²) in [6, 6.07) is 5.24. The number of nitrogens with one attached hydrogen (secondary N) is 1. The summed E-state index contributed by atoms with van der Waals surface area (Å²) in [5.41, 5.74) is 7.03. The van der Waals surface area contributed by atoms with Crippen LogP contribution in [0.5, 0.6) is 5.75 Å². The molecule has 0 aliphatic heterocycles. The van der Waals surface area contributed by atoms with Crippen LogP contribution in [0.15, 0.2) is 18.2 Å². The monoisotopic (exact) mass is 296 g/mol. The quantitative estimate of drug-likeness (QED) is 0.757. The third kappa shape index (κ3) is 5.33. The lowest BCUT2D eigenvalue weighted by Crippen LogP contribution is -2.23. The Hall–Kier alpha value is -1.36. The van der Waals surface area contributed by atoms with Crippen molar-refractivity contribution in [3.05, 3.63) is 18.2 Å². The zero-order chi connectivity index (χ0) is 15.1. The Morgan fingerprint density at radius 1 is 1.40 bits per heavy atom. The molecule has 1 rings (SSSR count). The van der Waals surface area contributed by atoms with Crippen LogP contribution in [0, 0.1) is 5.92 Å². The number of nitrogens with two attached hydrogens (primary N) is 1. The van der Waals surface area contributed by atoms with E-state index >= 15 is 0 Å². The topological polar surface area (TPSA) is 64.3 Å². The average molecular weight is 296 g/mol. The highest BCUT2D eigenvalue weighted by molar-refractivity contribution is 8.00. The zero-order valence-corrected chi connectivity index (χ0v) is 13.4. The predicted molar refractivity (Wildman–Crippen MR) is 87.4 cm³/mol. The van der Waals surface area contributed by atoms with E-state index in [1.165, 1.54) is 0 Å². The van der Waals surface area contributed by atoms with Gasteiger partial charge in [-0.15, -0.1) is 11.8 Å². The molecule has 0 saturated carbocycles. The molecule has 0 aliphatic rings.